The largest absolute Gasteiger partial charge is 0.330 e. The van der Waals surface area contributed by atoms with E-state index >= 15 is 0 Å². The first kappa shape index (κ1) is 14.8. The minimum absolute atomic E-state index is 0.787. The van der Waals surface area contributed by atoms with E-state index < -0.39 is 0 Å². The molecule has 0 amide bonds. The molecule has 0 aliphatic carbocycles. The molecule has 0 radical (unpaired) electrons. The van der Waals surface area contributed by atoms with E-state index in [9.17, 15) is 0 Å². The van der Waals surface area contributed by atoms with Gasteiger partial charge in [-0.2, -0.15) is 0 Å². The molecule has 0 saturated carbocycles. The second kappa shape index (κ2) is 11.9. The molecule has 15 heavy (non-hydrogen) atoms. The number of hydrogen-bond acceptors (Lipinski definition) is 4. The molecule has 0 aliphatic rings. The molecule has 0 aromatic rings. The van der Waals surface area contributed by atoms with Gasteiger partial charge in [0.1, 0.15) is 0 Å². The predicted octanol–water partition coefficient (Wildman–Crippen LogP) is -0.144. The Morgan fingerprint density at radius 2 is 1.40 bits per heavy atom. The normalized spacial score (nSPS) is 11.2. The zero-order valence-electron chi connectivity index (χ0n) is 10.4. The van der Waals surface area contributed by atoms with Crippen molar-refractivity contribution in [2.75, 3.05) is 53.4 Å². The highest BCUT2D eigenvalue weighted by Crippen LogP contribution is 1.81. The van der Waals surface area contributed by atoms with Crippen LogP contribution in [-0.2, 0) is 0 Å². The summed E-state index contributed by atoms with van der Waals surface area (Å²) in [6.07, 6.45) is 3.51. The molecule has 0 unspecified atom stereocenters. The molecule has 0 fully saturated rings. The van der Waals surface area contributed by atoms with Crippen molar-refractivity contribution in [1.29, 1.82) is 0 Å². The van der Waals surface area contributed by atoms with Gasteiger partial charge >= 0.3 is 0 Å². The quantitative estimate of drug-likeness (QED) is 0.421. The topological polar surface area (TPSA) is 53.3 Å². The van der Waals surface area contributed by atoms with Crippen LogP contribution in [0.4, 0.5) is 0 Å². The lowest BCUT2D eigenvalue weighted by atomic mass is 10.3. The molecule has 0 bridgehead atoms. The van der Waals surface area contributed by atoms with Crippen LogP contribution in [0.1, 0.15) is 19.3 Å². The molecule has 0 aliphatic heterocycles. The van der Waals surface area contributed by atoms with Gasteiger partial charge < -0.3 is 21.3 Å². The Hall–Kier alpha value is -0.160. The number of nitrogens with two attached hydrogens (primary N) is 1. The zero-order chi connectivity index (χ0) is 11.4. The summed E-state index contributed by atoms with van der Waals surface area (Å²) in [6.45, 7) is 6.35. The van der Waals surface area contributed by atoms with E-state index in [0.717, 1.165) is 39.1 Å². The SMILES string of the molecule is CN(C)CCCNCCCNCCCN. The lowest BCUT2D eigenvalue weighted by Crippen LogP contribution is -2.25. The molecule has 4 N–H and O–H groups in total. The van der Waals surface area contributed by atoms with Crippen LogP contribution in [-0.4, -0.2) is 58.3 Å². The standard InChI is InChI=1S/C11H28N4/c1-15(2)11-5-10-14-9-4-8-13-7-3-6-12/h13-14H,3-12H2,1-2H3. The third kappa shape index (κ3) is 13.8. The van der Waals surface area contributed by atoms with E-state index in [1.54, 1.807) is 0 Å². The van der Waals surface area contributed by atoms with Gasteiger partial charge in [0.2, 0.25) is 0 Å². The third-order valence-corrected chi connectivity index (χ3v) is 2.22. The van der Waals surface area contributed by atoms with Gasteiger partial charge in [-0.05, 0) is 72.6 Å². The van der Waals surface area contributed by atoms with Crippen molar-refractivity contribution in [2.45, 2.75) is 19.3 Å². The maximum absolute atomic E-state index is 5.39. The molecule has 0 spiro atoms. The van der Waals surface area contributed by atoms with Gasteiger partial charge in [0, 0.05) is 0 Å². The molecule has 92 valence electrons. The average Bonchev–Trinajstić information content (AvgIpc) is 2.20. The molecule has 4 heteroatoms. The summed E-state index contributed by atoms with van der Waals surface area (Å²) < 4.78 is 0. The summed E-state index contributed by atoms with van der Waals surface area (Å²) in [6, 6.07) is 0. The molecule has 0 rings (SSSR count). The van der Waals surface area contributed by atoms with Crippen LogP contribution in [0, 0.1) is 0 Å². The highest BCUT2D eigenvalue weighted by atomic mass is 15.1. The van der Waals surface area contributed by atoms with Crippen LogP contribution in [0.25, 0.3) is 0 Å². The second-order valence-electron chi connectivity index (χ2n) is 4.15. The number of nitrogens with zero attached hydrogens (tertiary/aromatic N) is 1. The summed E-state index contributed by atoms with van der Waals surface area (Å²) in [5.41, 5.74) is 5.39. The summed E-state index contributed by atoms with van der Waals surface area (Å²) in [7, 11) is 4.22. The van der Waals surface area contributed by atoms with E-state index in [0.29, 0.717) is 0 Å². The number of hydrogen-bond donors (Lipinski definition) is 3. The van der Waals surface area contributed by atoms with Crippen molar-refractivity contribution in [3.63, 3.8) is 0 Å². The van der Waals surface area contributed by atoms with Crippen LogP contribution in [0.2, 0.25) is 0 Å². The maximum atomic E-state index is 5.39. The smallest absolute Gasteiger partial charge is 0.00127 e. The van der Waals surface area contributed by atoms with Gasteiger partial charge in [0.05, 0.1) is 0 Å². The lowest BCUT2D eigenvalue weighted by Gasteiger charge is -2.09. The fourth-order valence-corrected chi connectivity index (χ4v) is 1.34. The first-order chi connectivity index (χ1) is 7.27. The molecular formula is C11H28N4. The van der Waals surface area contributed by atoms with Gasteiger partial charge in [-0.1, -0.05) is 0 Å². The average molecular weight is 216 g/mol. The highest BCUT2D eigenvalue weighted by molar-refractivity contribution is 4.53. The lowest BCUT2D eigenvalue weighted by molar-refractivity contribution is 0.394. The minimum Gasteiger partial charge on any atom is -0.330 e. The Morgan fingerprint density at radius 3 is 1.93 bits per heavy atom. The van der Waals surface area contributed by atoms with E-state index in [1.807, 2.05) is 0 Å². The van der Waals surface area contributed by atoms with E-state index in [4.69, 9.17) is 5.73 Å². The monoisotopic (exact) mass is 216 g/mol. The van der Waals surface area contributed by atoms with Crippen molar-refractivity contribution in [3.8, 4) is 0 Å². The van der Waals surface area contributed by atoms with Gasteiger partial charge in [-0.3, -0.25) is 0 Å². The maximum Gasteiger partial charge on any atom is -0.00127 e. The van der Waals surface area contributed by atoms with E-state index in [2.05, 4.69) is 29.6 Å². The highest BCUT2D eigenvalue weighted by Gasteiger charge is 1.91. The van der Waals surface area contributed by atoms with Crippen LogP contribution < -0.4 is 16.4 Å². The Bertz CT molecular complexity index is 117. The molecule has 0 saturated heterocycles. The van der Waals surface area contributed by atoms with Crippen molar-refractivity contribution in [2.24, 2.45) is 5.73 Å². The summed E-state index contributed by atoms with van der Waals surface area (Å²) >= 11 is 0. The molecule has 4 nitrogen and oxygen atoms in total. The Kier molecular flexibility index (Phi) is 11.8. The first-order valence-corrected chi connectivity index (χ1v) is 6.03. The molecule has 0 aromatic heterocycles. The molecule has 0 atom stereocenters. The molecular weight excluding hydrogens is 188 g/mol. The van der Waals surface area contributed by atoms with Gasteiger partial charge in [-0.15, -0.1) is 0 Å². The summed E-state index contributed by atoms with van der Waals surface area (Å²) in [5, 5.41) is 6.81. The van der Waals surface area contributed by atoms with Crippen molar-refractivity contribution < 1.29 is 0 Å². The zero-order valence-corrected chi connectivity index (χ0v) is 10.4. The molecule has 0 aromatic carbocycles. The fourth-order valence-electron chi connectivity index (χ4n) is 1.34. The van der Waals surface area contributed by atoms with Gasteiger partial charge in [0.15, 0.2) is 0 Å². The summed E-state index contributed by atoms with van der Waals surface area (Å²) in [5.74, 6) is 0. The van der Waals surface area contributed by atoms with Crippen LogP contribution in [0.3, 0.4) is 0 Å². The Balaban J connectivity index is 2.87. The van der Waals surface area contributed by atoms with Crippen LogP contribution >= 0.6 is 0 Å². The summed E-state index contributed by atoms with van der Waals surface area (Å²) in [4.78, 5) is 2.22. The number of nitrogens with one attached hydrogen (secondary N) is 2. The minimum atomic E-state index is 0.787. The second-order valence-corrected chi connectivity index (χ2v) is 4.15. The third-order valence-electron chi connectivity index (χ3n) is 2.22. The van der Waals surface area contributed by atoms with Gasteiger partial charge in [-0.25, -0.2) is 0 Å². The van der Waals surface area contributed by atoms with E-state index in [1.165, 1.54) is 19.4 Å². The van der Waals surface area contributed by atoms with Crippen LogP contribution in [0.5, 0.6) is 0 Å². The van der Waals surface area contributed by atoms with Crippen molar-refractivity contribution in [1.82, 2.24) is 15.5 Å². The van der Waals surface area contributed by atoms with Gasteiger partial charge in [0.25, 0.3) is 0 Å². The van der Waals surface area contributed by atoms with E-state index in [-0.39, 0.29) is 0 Å². The Morgan fingerprint density at radius 1 is 0.867 bits per heavy atom. The fraction of sp³-hybridized carbons (Fsp3) is 1.00. The number of rotatable bonds is 11. The predicted molar refractivity (Wildman–Crippen MR) is 67.2 cm³/mol. The van der Waals surface area contributed by atoms with Crippen molar-refractivity contribution in [3.05, 3.63) is 0 Å². The Labute approximate surface area is 94.6 Å². The first-order valence-electron chi connectivity index (χ1n) is 6.03. The van der Waals surface area contributed by atoms with Crippen LogP contribution in [0.15, 0.2) is 0 Å². The van der Waals surface area contributed by atoms with Crippen molar-refractivity contribution >= 4 is 0 Å². The molecule has 0 heterocycles.